The summed E-state index contributed by atoms with van der Waals surface area (Å²) < 4.78 is 6.53. The predicted octanol–water partition coefficient (Wildman–Crippen LogP) is 3.82. The van der Waals surface area contributed by atoms with E-state index in [9.17, 15) is 4.79 Å². The molecule has 0 bridgehead atoms. The van der Waals surface area contributed by atoms with Crippen LogP contribution in [0.4, 0.5) is 23.1 Å². The second-order valence-corrected chi connectivity index (χ2v) is 8.30. The molecule has 0 atom stereocenters. The summed E-state index contributed by atoms with van der Waals surface area (Å²) in [6.07, 6.45) is 2.39. The Bertz CT molecular complexity index is 1120. The lowest BCUT2D eigenvalue weighted by Gasteiger charge is -2.26. The Morgan fingerprint density at radius 2 is 1.97 bits per heavy atom. The maximum atomic E-state index is 11.9. The number of ether oxygens (including phenoxy) is 1. The maximum Gasteiger partial charge on any atom is 0.254 e. The van der Waals surface area contributed by atoms with Crippen LogP contribution in [0.1, 0.15) is 21.5 Å². The number of primary amides is 1. The Morgan fingerprint density at radius 1 is 1.19 bits per heavy atom. The third kappa shape index (κ3) is 4.78. The standard InChI is InChI=1S/C22H23BrN6O2/c1-29-8-7-13-10-19(31-2)18(9-14(13)12-29)27-22-25-11-17(20(24)30)21(28-22)26-16-5-3-15(23)4-6-16/h3-6,9-11H,7-8,12H2,1-2H3,(H2,24,30)(H2,25,26,27,28). The van der Waals surface area contributed by atoms with Gasteiger partial charge in [-0.1, -0.05) is 15.9 Å². The molecule has 1 aromatic heterocycles. The van der Waals surface area contributed by atoms with E-state index < -0.39 is 5.91 Å². The first kappa shape index (κ1) is 21.1. The summed E-state index contributed by atoms with van der Waals surface area (Å²) in [5.41, 5.74) is 9.77. The zero-order valence-corrected chi connectivity index (χ0v) is 18.9. The highest BCUT2D eigenvalue weighted by Gasteiger charge is 2.18. The van der Waals surface area contributed by atoms with Crippen molar-refractivity contribution in [3.05, 3.63) is 63.8 Å². The number of nitrogens with one attached hydrogen (secondary N) is 2. The van der Waals surface area contributed by atoms with Crippen LogP contribution in [0.5, 0.6) is 5.75 Å². The summed E-state index contributed by atoms with van der Waals surface area (Å²) in [5.74, 6) is 0.755. The van der Waals surface area contributed by atoms with E-state index in [-0.39, 0.29) is 5.56 Å². The summed E-state index contributed by atoms with van der Waals surface area (Å²) in [7, 11) is 3.74. The Kier molecular flexibility index (Phi) is 6.06. The van der Waals surface area contributed by atoms with E-state index in [0.717, 1.165) is 35.4 Å². The summed E-state index contributed by atoms with van der Waals surface area (Å²) >= 11 is 3.41. The molecule has 0 saturated carbocycles. The molecule has 4 rings (SSSR count). The number of likely N-dealkylation sites (N-methyl/N-ethyl adjacent to an activating group) is 1. The lowest BCUT2D eigenvalue weighted by atomic mass is 9.99. The number of methoxy groups -OCH3 is 1. The molecule has 9 heteroatoms. The van der Waals surface area contributed by atoms with E-state index in [1.165, 1.54) is 17.3 Å². The second-order valence-electron chi connectivity index (χ2n) is 7.39. The topological polar surface area (TPSA) is 105 Å². The van der Waals surface area contributed by atoms with Gasteiger partial charge in [0.15, 0.2) is 0 Å². The van der Waals surface area contributed by atoms with Crippen molar-refractivity contribution in [3.8, 4) is 5.75 Å². The number of aromatic nitrogens is 2. The van der Waals surface area contributed by atoms with Gasteiger partial charge in [0.1, 0.15) is 17.1 Å². The monoisotopic (exact) mass is 482 g/mol. The minimum atomic E-state index is -0.611. The van der Waals surface area contributed by atoms with Crippen molar-refractivity contribution in [2.24, 2.45) is 5.73 Å². The van der Waals surface area contributed by atoms with Crippen molar-refractivity contribution in [3.63, 3.8) is 0 Å². The van der Waals surface area contributed by atoms with Gasteiger partial charge >= 0.3 is 0 Å². The number of anilines is 4. The van der Waals surface area contributed by atoms with Gasteiger partial charge in [-0.3, -0.25) is 4.79 Å². The molecule has 160 valence electrons. The van der Waals surface area contributed by atoms with Gasteiger partial charge in [0.05, 0.1) is 12.8 Å². The van der Waals surface area contributed by atoms with Crippen molar-refractivity contribution >= 4 is 45.0 Å². The van der Waals surface area contributed by atoms with Gasteiger partial charge in [0.25, 0.3) is 5.91 Å². The van der Waals surface area contributed by atoms with E-state index in [1.54, 1.807) is 7.11 Å². The van der Waals surface area contributed by atoms with Crippen molar-refractivity contribution in [2.45, 2.75) is 13.0 Å². The predicted molar refractivity (Wildman–Crippen MR) is 124 cm³/mol. The van der Waals surface area contributed by atoms with E-state index in [4.69, 9.17) is 10.5 Å². The Morgan fingerprint density at radius 3 is 2.68 bits per heavy atom. The summed E-state index contributed by atoms with van der Waals surface area (Å²) in [6, 6.07) is 11.6. The maximum absolute atomic E-state index is 11.9. The molecule has 0 radical (unpaired) electrons. The smallest absolute Gasteiger partial charge is 0.254 e. The first-order chi connectivity index (χ1) is 14.9. The van der Waals surface area contributed by atoms with Gasteiger partial charge in [0, 0.05) is 29.4 Å². The molecule has 2 heterocycles. The second kappa shape index (κ2) is 8.91. The first-order valence-electron chi connectivity index (χ1n) is 9.77. The van der Waals surface area contributed by atoms with Crippen LogP contribution in [0.15, 0.2) is 47.1 Å². The molecule has 0 saturated heterocycles. The molecule has 0 fully saturated rings. The number of amides is 1. The van der Waals surface area contributed by atoms with Crippen LogP contribution in [0.25, 0.3) is 0 Å². The van der Waals surface area contributed by atoms with Crippen molar-refractivity contribution in [1.82, 2.24) is 14.9 Å². The minimum Gasteiger partial charge on any atom is -0.495 e. The highest BCUT2D eigenvalue weighted by Crippen LogP contribution is 2.33. The number of carbonyl (C=O) groups is 1. The van der Waals surface area contributed by atoms with E-state index in [1.807, 2.05) is 24.3 Å². The molecular formula is C22H23BrN6O2. The van der Waals surface area contributed by atoms with Crippen LogP contribution >= 0.6 is 15.9 Å². The number of benzene rings is 2. The minimum absolute atomic E-state index is 0.201. The number of fused-ring (bicyclic) bond motifs is 1. The van der Waals surface area contributed by atoms with E-state index in [0.29, 0.717) is 17.5 Å². The third-order valence-corrected chi connectivity index (χ3v) is 5.66. The van der Waals surface area contributed by atoms with Crippen LogP contribution in [0.2, 0.25) is 0 Å². The molecule has 8 nitrogen and oxygen atoms in total. The molecule has 1 aliphatic heterocycles. The van der Waals surface area contributed by atoms with Gasteiger partial charge in [-0.25, -0.2) is 4.98 Å². The number of hydrogen-bond donors (Lipinski definition) is 3. The van der Waals surface area contributed by atoms with E-state index in [2.05, 4.69) is 60.6 Å². The largest absolute Gasteiger partial charge is 0.495 e. The molecular weight excluding hydrogens is 460 g/mol. The van der Waals surface area contributed by atoms with Crippen LogP contribution in [0.3, 0.4) is 0 Å². The van der Waals surface area contributed by atoms with Gasteiger partial charge in [-0.15, -0.1) is 0 Å². The normalized spacial score (nSPS) is 13.4. The van der Waals surface area contributed by atoms with Crippen LogP contribution in [-0.2, 0) is 13.0 Å². The summed E-state index contributed by atoms with van der Waals surface area (Å²) in [6.45, 7) is 1.89. The fourth-order valence-electron chi connectivity index (χ4n) is 3.50. The highest BCUT2D eigenvalue weighted by molar-refractivity contribution is 9.10. The van der Waals surface area contributed by atoms with Crippen LogP contribution in [-0.4, -0.2) is 41.5 Å². The number of rotatable bonds is 6. The third-order valence-electron chi connectivity index (χ3n) is 5.13. The molecule has 4 N–H and O–H groups in total. The number of nitrogens with zero attached hydrogens (tertiary/aromatic N) is 3. The summed E-state index contributed by atoms with van der Waals surface area (Å²) in [5, 5.41) is 6.37. The lowest BCUT2D eigenvalue weighted by molar-refractivity contribution is 0.100. The fourth-order valence-corrected chi connectivity index (χ4v) is 3.77. The number of nitrogens with two attached hydrogens (primary N) is 1. The molecule has 1 amide bonds. The molecule has 0 aliphatic carbocycles. The quantitative estimate of drug-likeness (QED) is 0.490. The van der Waals surface area contributed by atoms with Gasteiger partial charge < -0.3 is 26.0 Å². The number of hydrogen-bond acceptors (Lipinski definition) is 7. The Balaban J connectivity index is 1.66. The Hall–Kier alpha value is -3.17. The Labute approximate surface area is 189 Å². The van der Waals surface area contributed by atoms with Gasteiger partial charge in [0.2, 0.25) is 5.95 Å². The van der Waals surface area contributed by atoms with Gasteiger partial charge in [-0.05, 0) is 61.0 Å². The van der Waals surface area contributed by atoms with Crippen molar-refractivity contribution in [2.75, 3.05) is 31.3 Å². The molecule has 2 aromatic carbocycles. The van der Waals surface area contributed by atoms with Crippen LogP contribution in [0, 0.1) is 0 Å². The molecule has 0 unspecified atom stereocenters. The number of halogens is 1. The first-order valence-corrected chi connectivity index (χ1v) is 10.6. The van der Waals surface area contributed by atoms with Crippen LogP contribution < -0.4 is 21.1 Å². The SMILES string of the molecule is COc1cc2c(cc1Nc1ncc(C(N)=O)c(Nc3ccc(Br)cc3)n1)CN(C)CC2. The molecule has 0 spiro atoms. The zero-order chi connectivity index (χ0) is 22.0. The van der Waals surface area contributed by atoms with Gasteiger partial charge in [-0.2, -0.15) is 4.98 Å². The average molecular weight is 483 g/mol. The summed E-state index contributed by atoms with van der Waals surface area (Å²) in [4.78, 5) is 22.9. The molecule has 31 heavy (non-hydrogen) atoms. The molecule has 3 aromatic rings. The lowest BCUT2D eigenvalue weighted by Crippen LogP contribution is -2.26. The van der Waals surface area contributed by atoms with Crippen molar-refractivity contribution < 1.29 is 9.53 Å². The molecule has 1 aliphatic rings. The van der Waals surface area contributed by atoms with E-state index >= 15 is 0 Å². The highest BCUT2D eigenvalue weighted by atomic mass is 79.9. The average Bonchev–Trinajstić information content (AvgIpc) is 2.75. The fraction of sp³-hybridized carbons (Fsp3) is 0.227. The van der Waals surface area contributed by atoms with Crippen molar-refractivity contribution in [1.29, 1.82) is 0 Å². The zero-order valence-electron chi connectivity index (χ0n) is 17.3. The number of carbonyl (C=O) groups excluding carboxylic acids is 1.